The minimum atomic E-state index is -0.359. The highest BCUT2D eigenvalue weighted by molar-refractivity contribution is 5.37. The summed E-state index contributed by atoms with van der Waals surface area (Å²) in [5, 5.41) is 13.7. The molecule has 3 heteroatoms. The molecule has 0 spiro atoms. The second kappa shape index (κ2) is 5.65. The number of ether oxygens (including phenoxy) is 1. The molecule has 0 heterocycles. The lowest BCUT2D eigenvalue weighted by Gasteiger charge is -2.19. The van der Waals surface area contributed by atoms with Gasteiger partial charge in [-0.3, -0.25) is 0 Å². The van der Waals surface area contributed by atoms with Crippen LogP contribution in [0.2, 0.25) is 0 Å². The van der Waals surface area contributed by atoms with Crippen LogP contribution >= 0.6 is 0 Å². The van der Waals surface area contributed by atoms with E-state index in [1.807, 2.05) is 36.4 Å². The predicted molar refractivity (Wildman–Crippen MR) is 78.7 cm³/mol. The molecule has 0 aliphatic heterocycles. The molecule has 2 aromatic rings. The molecule has 0 unspecified atom stereocenters. The lowest BCUT2D eigenvalue weighted by atomic mass is 10.1. The van der Waals surface area contributed by atoms with Gasteiger partial charge in [0.15, 0.2) is 0 Å². The molecule has 0 bridgehead atoms. The summed E-state index contributed by atoms with van der Waals surface area (Å²) in [5.74, 6) is 0.876. The molecule has 0 saturated heterocycles. The van der Waals surface area contributed by atoms with Crippen molar-refractivity contribution in [3.05, 3.63) is 65.2 Å². The topological polar surface area (TPSA) is 41.5 Å². The van der Waals surface area contributed by atoms with Crippen LogP contribution < -0.4 is 10.1 Å². The summed E-state index contributed by atoms with van der Waals surface area (Å²) >= 11 is 0. The summed E-state index contributed by atoms with van der Waals surface area (Å²) in [7, 11) is 1.68. The zero-order chi connectivity index (χ0) is 13.9. The number of nitrogens with one attached hydrogen (secondary N) is 1. The van der Waals surface area contributed by atoms with Crippen LogP contribution in [0.25, 0.3) is 0 Å². The highest BCUT2D eigenvalue weighted by Gasteiger charge is 2.30. The molecule has 3 rings (SSSR count). The average Bonchev–Trinajstić information content (AvgIpc) is 2.81. The number of aliphatic hydroxyl groups excluding tert-OH is 1. The van der Waals surface area contributed by atoms with Crippen molar-refractivity contribution in [2.45, 2.75) is 25.1 Å². The lowest BCUT2D eigenvalue weighted by Crippen LogP contribution is -2.28. The number of benzene rings is 2. The van der Waals surface area contributed by atoms with Gasteiger partial charge in [0.2, 0.25) is 0 Å². The van der Waals surface area contributed by atoms with E-state index in [9.17, 15) is 5.11 Å². The molecular formula is C17H19NO2. The highest BCUT2D eigenvalue weighted by atomic mass is 16.5. The molecule has 0 fully saturated rings. The van der Waals surface area contributed by atoms with Crippen molar-refractivity contribution < 1.29 is 9.84 Å². The molecule has 0 aromatic heterocycles. The SMILES string of the molecule is COc1ccccc1CN[C@H]1c2ccccc2C[C@H]1O. The van der Waals surface area contributed by atoms with Gasteiger partial charge >= 0.3 is 0 Å². The quantitative estimate of drug-likeness (QED) is 0.896. The van der Waals surface area contributed by atoms with Crippen molar-refractivity contribution >= 4 is 0 Å². The lowest BCUT2D eigenvalue weighted by molar-refractivity contribution is 0.140. The van der Waals surface area contributed by atoms with Gasteiger partial charge in [0.1, 0.15) is 5.75 Å². The molecule has 2 aromatic carbocycles. The molecule has 0 saturated carbocycles. The first-order valence-corrected chi connectivity index (χ1v) is 6.90. The monoisotopic (exact) mass is 269 g/mol. The van der Waals surface area contributed by atoms with Gasteiger partial charge in [0.05, 0.1) is 19.3 Å². The standard InChI is InChI=1S/C17H19NO2/c1-20-16-9-5-3-7-13(16)11-18-17-14-8-4-2-6-12(14)10-15(17)19/h2-9,15,17-19H,10-11H2,1H3/t15-,17+/m1/s1. The van der Waals surface area contributed by atoms with E-state index in [0.29, 0.717) is 6.54 Å². The predicted octanol–water partition coefficient (Wildman–Crippen LogP) is 2.44. The van der Waals surface area contributed by atoms with Crippen LogP contribution in [0.15, 0.2) is 48.5 Å². The van der Waals surface area contributed by atoms with E-state index < -0.39 is 0 Å². The van der Waals surface area contributed by atoms with Crippen molar-refractivity contribution in [2.24, 2.45) is 0 Å². The Balaban J connectivity index is 1.76. The zero-order valence-electron chi connectivity index (χ0n) is 11.5. The van der Waals surface area contributed by atoms with E-state index >= 15 is 0 Å². The minimum absolute atomic E-state index is 0.00360. The Labute approximate surface area is 119 Å². The van der Waals surface area contributed by atoms with Gasteiger partial charge in [-0.15, -0.1) is 0 Å². The number of para-hydroxylation sites is 1. The molecule has 104 valence electrons. The zero-order valence-corrected chi connectivity index (χ0v) is 11.5. The maximum Gasteiger partial charge on any atom is 0.123 e. The van der Waals surface area contributed by atoms with Crippen LogP contribution in [0.3, 0.4) is 0 Å². The summed E-state index contributed by atoms with van der Waals surface area (Å²) in [6.07, 6.45) is 0.363. The van der Waals surface area contributed by atoms with E-state index in [1.54, 1.807) is 7.11 Å². The second-order valence-corrected chi connectivity index (χ2v) is 5.14. The van der Waals surface area contributed by atoms with E-state index in [1.165, 1.54) is 11.1 Å². The molecular weight excluding hydrogens is 250 g/mol. The first-order chi connectivity index (χ1) is 9.79. The summed E-state index contributed by atoms with van der Waals surface area (Å²) < 4.78 is 5.35. The number of hydrogen-bond donors (Lipinski definition) is 2. The largest absolute Gasteiger partial charge is 0.496 e. The highest BCUT2D eigenvalue weighted by Crippen LogP contribution is 2.31. The van der Waals surface area contributed by atoms with E-state index in [2.05, 4.69) is 17.4 Å². The fourth-order valence-corrected chi connectivity index (χ4v) is 2.89. The van der Waals surface area contributed by atoms with E-state index in [0.717, 1.165) is 17.7 Å². The summed E-state index contributed by atoms with van der Waals surface area (Å²) in [5.41, 5.74) is 3.54. The van der Waals surface area contributed by atoms with Crippen LogP contribution in [0, 0.1) is 0 Å². The Morgan fingerprint density at radius 3 is 2.75 bits per heavy atom. The first-order valence-electron chi connectivity index (χ1n) is 6.90. The van der Waals surface area contributed by atoms with Gasteiger partial charge in [0, 0.05) is 18.5 Å². The van der Waals surface area contributed by atoms with Crippen molar-refractivity contribution in [1.82, 2.24) is 5.32 Å². The Bertz CT molecular complexity index is 597. The summed E-state index contributed by atoms with van der Waals surface area (Å²) in [6.45, 7) is 0.681. The van der Waals surface area contributed by atoms with Gasteiger partial charge in [-0.05, 0) is 17.2 Å². The van der Waals surface area contributed by atoms with Gasteiger partial charge in [-0.1, -0.05) is 42.5 Å². The van der Waals surface area contributed by atoms with Crippen molar-refractivity contribution in [3.8, 4) is 5.75 Å². The molecule has 1 aliphatic carbocycles. The molecule has 3 nitrogen and oxygen atoms in total. The van der Waals surface area contributed by atoms with Gasteiger partial charge in [-0.2, -0.15) is 0 Å². The molecule has 2 atom stereocenters. The molecule has 0 radical (unpaired) electrons. The minimum Gasteiger partial charge on any atom is -0.496 e. The first kappa shape index (κ1) is 13.2. The summed E-state index contributed by atoms with van der Waals surface area (Å²) in [4.78, 5) is 0. The summed E-state index contributed by atoms with van der Waals surface area (Å²) in [6, 6.07) is 16.2. The third kappa shape index (κ3) is 2.42. The Morgan fingerprint density at radius 2 is 1.90 bits per heavy atom. The van der Waals surface area contributed by atoms with E-state index in [4.69, 9.17) is 4.74 Å². The Morgan fingerprint density at radius 1 is 1.15 bits per heavy atom. The maximum absolute atomic E-state index is 10.2. The number of methoxy groups -OCH3 is 1. The Kier molecular flexibility index (Phi) is 3.72. The maximum atomic E-state index is 10.2. The molecule has 20 heavy (non-hydrogen) atoms. The molecule has 0 amide bonds. The Hall–Kier alpha value is -1.84. The molecule has 2 N–H and O–H groups in total. The van der Waals surface area contributed by atoms with Crippen molar-refractivity contribution in [3.63, 3.8) is 0 Å². The van der Waals surface area contributed by atoms with Crippen LogP contribution in [-0.2, 0) is 13.0 Å². The third-order valence-corrected chi connectivity index (χ3v) is 3.91. The number of rotatable bonds is 4. The second-order valence-electron chi connectivity index (χ2n) is 5.14. The molecule has 1 aliphatic rings. The smallest absolute Gasteiger partial charge is 0.123 e. The van der Waals surface area contributed by atoms with Crippen LogP contribution in [-0.4, -0.2) is 18.3 Å². The fraction of sp³-hybridized carbons (Fsp3) is 0.294. The third-order valence-electron chi connectivity index (χ3n) is 3.91. The van der Waals surface area contributed by atoms with Crippen LogP contribution in [0.4, 0.5) is 0 Å². The number of aliphatic hydroxyl groups is 1. The normalized spacial score (nSPS) is 20.7. The number of hydrogen-bond acceptors (Lipinski definition) is 3. The fourth-order valence-electron chi connectivity index (χ4n) is 2.89. The van der Waals surface area contributed by atoms with E-state index in [-0.39, 0.29) is 12.1 Å². The van der Waals surface area contributed by atoms with Crippen LogP contribution in [0.1, 0.15) is 22.7 Å². The van der Waals surface area contributed by atoms with Crippen molar-refractivity contribution in [1.29, 1.82) is 0 Å². The van der Waals surface area contributed by atoms with Gasteiger partial charge in [0.25, 0.3) is 0 Å². The van der Waals surface area contributed by atoms with Gasteiger partial charge in [-0.25, -0.2) is 0 Å². The van der Waals surface area contributed by atoms with Crippen molar-refractivity contribution in [2.75, 3.05) is 7.11 Å². The van der Waals surface area contributed by atoms with Crippen LogP contribution in [0.5, 0.6) is 5.75 Å². The number of fused-ring (bicyclic) bond motifs is 1. The average molecular weight is 269 g/mol. The van der Waals surface area contributed by atoms with Gasteiger partial charge < -0.3 is 15.2 Å².